The number of nitrogens with one attached hydrogen (secondary N) is 1. The molecule has 590 valence electrons. The molecule has 22 heteroatoms. The van der Waals surface area contributed by atoms with Crippen LogP contribution in [0.4, 0.5) is 0 Å². The number of aromatic amines is 1. The number of imidazole rings is 4. The number of Topliss-reactive ketones (excluding diaryl/α,β-unsaturated/α-hetero) is 4. The number of fused-ring (bicyclic) bond motifs is 4. The summed E-state index contributed by atoms with van der Waals surface area (Å²) in [5.41, 5.74) is 11.2. The second-order valence-corrected chi connectivity index (χ2v) is 40.2. The lowest BCUT2D eigenvalue weighted by Crippen LogP contribution is -2.46. The van der Waals surface area contributed by atoms with Gasteiger partial charge < -0.3 is 0 Å². The topological polar surface area (TPSA) is 259 Å². The molecule has 112 heavy (non-hydrogen) atoms. The van der Waals surface area contributed by atoms with Crippen molar-refractivity contribution in [3.05, 3.63) is 149 Å². The number of carbonyl (C=O) groups excluding carboxylic acids is 4. The van der Waals surface area contributed by atoms with Crippen molar-refractivity contribution in [3.8, 4) is 6.07 Å². The molecule has 0 radical (unpaired) electrons. The number of alkyl halides is 1. The maximum absolute atomic E-state index is 13.2. The lowest BCUT2D eigenvalue weighted by molar-refractivity contribution is -0.0571. The van der Waals surface area contributed by atoms with Crippen LogP contribution in [0.5, 0.6) is 0 Å². The molecule has 16 aliphatic rings. The van der Waals surface area contributed by atoms with Crippen LogP contribution >= 0.6 is 11.6 Å². The number of pyridine rings is 4. The number of carbonyl (C=O) groups is 4. The number of nitrogens with zero attached hydrogens (tertiary/aromatic N) is 12. The van der Waals surface area contributed by atoms with Crippen molar-refractivity contribution < 1.29 is 31.8 Å². The maximum Gasteiger partial charge on any atom is 0.264 e. The predicted octanol–water partition coefficient (Wildman–Crippen LogP) is 18.1. The van der Waals surface area contributed by atoms with Crippen LogP contribution in [0.2, 0.25) is 0 Å². The van der Waals surface area contributed by atoms with Gasteiger partial charge in [0.2, 0.25) is 0 Å². The molecular weight excluding hydrogens is 1440 g/mol. The van der Waals surface area contributed by atoms with Gasteiger partial charge in [0.05, 0.1) is 70.4 Å². The largest absolute Gasteiger partial charge is 0.296 e. The van der Waals surface area contributed by atoms with Crippen LogP contribution in [0.15, 0.2) is 97.6 Å². The Bertz CT molecular complexity index is 5020. The van der Waals surface area contributed by atoms with Gasteiger partial charge in [-0.25, -0.2) is 19.9 Å². The molecule has 0 saturated heterocycles. The number of H-pyrrole nitrogens is 1. The molecule has 0 atom stereocenters. The van der Waals surface area contributed by atoms with E-state index in [0.717, 1.165) is 166 Å². The minimum absolute atomic E-state index is 0.0536. The monoisotopic (exact) mass is 1550 g/mol. The van der Waals surface area contributed by atoms with Crippen LogP contribution in [-0.4, -0.2) is 103 Å². The van der Waals surface area contributed by atoms with Gasteiger partial charge in [0, 0.05) is 76.2 Å². The minimum Gasteiger partial charge on any atom is -0.296 e. The maximum atomic E-state index is 13.2. The lowest BCUT2D eigenvalue weighted by atomic mass is 9.48. The van der Waals surface area contributed by atoms with Crippen molar-refractivity contribution in [2.24, 2.45) is 92.7 Å². The fraction of sp³-hybridized carbons (Fsp3) is 0.622. The van der Waals surface area contributed by atoms with E-state index >= 15 is 0 Å². The van der Waals surface area contributed by atoms with Gasteiger partial charge in [-0.15, -0.1) is 21.8 Å². The van der Waals surface area contributed by atoms with Crippen molar-refractivity contribution in [2.75, 3.05) is 12.9 Å². The van der Waals surface area contributed by atoms with Crippen molar-refractivity contribution in [1.82, 2.24) is 58.2 Å². The summed E-state index contributed by atoms with van der Waals surface area (Å²) >= 11 is 5.91. The first-order chi connectivity index (χ1) is 54.2. The Labute approximate surface area is 662 Å². The van der Waals surface area contributed by atoms with Crippen molar-refractivity contribution in [3.63, 3.8) is 0 Å². The number of hydrogen-bond donors (Lipinski definition) is 1. The Kier molecular flexibility index (Phi) is 21.0. The van der Waals surface area contributed by atoms with E-state index in [-0.39, 0.29) is 29.7 Å². The second kappa shape index (κ2) is 31.1. The first-order valence-electron chi connectivity index (χ1n) is 42.7. The van der Waals surface area contributed by atoms with Gasteiger partial charge in [0.25, 0.3) is 10.1 Å². The van der Waals surface area contributed by atoms with Gasteiger partial charge >= 0.3 is 0 Å². The first kappa shape index (κ1) is 75.5. The number of aromatic nitrogens is 12. The Balaban J connectivity index is 0.000000105. The highest BCUT2D eigenvalue weighted by atomic mass is 35.5. The Morgan fingerprint density at radius 1 is 0.438 bits per heavy atom. The van der Waals surface area contributed by atoms with E-state index in [1.165, 1.54) is 154 Å². The number of tetrazole rings is 1. The summed E-state index contributed by atoms with van der Waals surface area (Å²) in [5, 5.41) is 22.9. The zero-order chi connectivity index (χ0) is 76.5. The van der Waals surface area contributed by atoms with E-state index in [4.69, 9.17) is 26.0 Å². The highest BCUT2D eigenvalue weighted by Gasteiger charge is 2.54. The van der Waals surface area contributed by atoms with Crippen LogP contribution in [0.25, 0.3) is 22.6 Å². The molecule has 25 rings (SSSR count). The Hall–Kier alpha value is -7.80. The van der Waals surface area contributed by atoms with Crippen molar-refractivity contribution in [1.29, 1.82) is 5.26 Å². The van der Waals surface area contributed by atoms with Gasteiger partial charge in [-0.2, -0.15) is 18.9 Å². The third-order valence-corrected chi connectivity index (χ3v) is 30.6. The van der Waals surface area contributed by atoms with E-state index in [1.54, 1.807) is 0 Å². The molecule has 16 fully saturated rings. The van der Waals surface area contributed by atoms with Gasteiger partial charge in [-0.1, -0.05) is 29.5 Å². The van der Waals surface area contributed by atoms with Crippen molar-refractivity contribution >= 4 is 67.4 Å². The van der Waals surface area contributed by atoms with E-state index in [0.29, 0.717) is 96.1 Å². The third-order valence-electron chi connectivity index (χ3n) is 29.8. The second-order valence-electron chi connectivity index (χ2n) is 38.2. The third kappa shape index (κ3) is 16.3. The molecule has 9 aromatic rings. The number of aryl methyl sites for hydroxylation is 3. The van der Waals surface area contributed by atoms with Crippen molar-refractivity contribution in [2.45, 2.75) is 243 Å². The zero-order valence-corrected chi connectivity index (χ0v) is 66.8. The van der Waals surface area contributed by atoms with E-state index < -0.39 is 10.1 Å². The molecule has 0 aromatic carbocycles. The van der Waals surface area contributed by atoms with Gasteiger partial charge in [0.1, 0.15) is 22.6 Å². The average Bonchev–Trinajstić information content (AvgIpc) is 1.45. The van der Waals surface area contributed by atoms with Crippen LogP contribution in [0, 0.1) is 104 Å². The summed E-state index contributed by atoms with van der Waals surface area (Å²) in [4.78, 5) is 70.7. The number of halogens is 1. The van der Waals surface area contributed by atoms with Gasteiger partial charge in [-0.3, -0.25) is 41.0 Å². The smallest absolute Gasteiger partial charge is 0.264 e. The Morgan fingerprint density at radius 3 is 1.00 bits per heavy atom. The molecule has 16 saturated carbocycles. The number of nitriles is 1. The summed E-state index contributed by atoms with van der Waals surface area (Å²) in [6, 6.07) is 25.2. The predicted molar refractivity (Wildman–Crippen MR) is 427 cm³/mol. The van der Waals surface area contributed by atoms with Crippen LogP contribution < -0.4 is 0 Å². The molecule has 0 unspecified atom stereocenters. The molecule has 1 N–H and O–H groups in total. The standard InChI is InChI=1S/C23H28N6O.C23H27N3O.C23H30N2O4S.C21H25ClN2O/c30-20(6-7-23-11-15-8-16(12-23)10-17(9-15)13-23)19-2-1-3-22-24-18(14-29(19)22)4-5-21-25-27-28-26-21;24-8-2-3-19-15-26-20(4-1-5-22(26)25-19)21(27)6-7-23-12-16-9-17(13-23)11-18(10-16)14-23;1-30(27,28)29-8-6-19-15-25-20(3-2-4-22(25)24-19)21(26)5-7-23-12-16-9-17(13-23)11-18(10-16)14-23;22-12-17-13-24-18(2-1-3-20(24)23-17)19(25)4-5-21-9-14-6-15(10-21)8-16(7-14)11-21/h1-3,14-17H,4-13H2,(H,25,26,27,28);1,4-5,15-18H,2-3,6-7,9-14H2;2-4,15-18H,5-14H2,1H3;1-3,13-16H,4-12H2. The zero-order valence-electron chi connectivity index (χ0n) is 65.3. The molecule has 0 spiro atoms. The van der Waals surface area contributed by atoms with E-state index in [2.05, 4.69) is 41.6 Å². The molecule has 0 amide bonds. The highest BCUT2D eigenvalue weighted by Crippen LogP contribution is 2.65. The first-order valence-corrected chi connectivity index (χ1v) is 45.1. The van der Waals surface area contributed by atoms with Gasteiger partial charge in [-0.05, 0) is 327 Å². The fourth-order valence-electron chi connectivity index (χ4n) is 27.0. The lowest BCUT2D eigenvalue weighted by Gasteiger charge is -2.57. The number of ketones is 4. The molecular formula is C90H110ClN13O7S. The molecule has 9 heterocycles. The van der Waals surface area contributed by atoms with Gasteiger partial charge in [0.15, 0.2) is 29.0 Å². The summed E-state index contributed by atoms with van der Waals surface area (Å²) in [6.07, 6.45) is 52.0. The minimum atomic E-state index is -3.46. The average molecular weight is 1550 g/mol. The summed E-state index contributed by atoms with van der Waals surface area (Å²) in [5.74, 6) is 13.1. The molecule has 16 aliphatic carbocycles. The highest BCUT2D eigenvalue weighted by molar-refractivity contribution is 7.86. The van der Waals surface area contributed by atoms with E-state index in [9.17, 15) is 27.6 Å². The molecule has 16 bridgehead atoms. The van der Waals surface area contributed by atoms with Crippen LogP contribution in [-0.2, 0) is 45.9 Å². The molecule has 9 aromatic heterocycles. The van der Waals surface area contributed by atoms with Crippen LogP contribution in [0.1, 0.15) is 282 Å². The summed E-state index contributed by atoms with van der Waals surface area (Å²) in [7, 11) is -3.46. The SMILES string of the molecule is CS(=O)(=O)OCCc1cn2c(C(=O)CCC34CC5CC(CC(C5)C3)C4)cccc2n1.N#CCCc1cn2c(C(=O)CCC34CC5CC(CC(C5)C3)C4)cccc2n1.O=C(CCC12CC3CC(CC(C3)C1)C2)c1cccc2nc(CCc3nn[nH]n3)cn12.O=C(CCC12CC3CC(CC(C3)C1)C2)c1cccc2nc(CCl)cn12. The number of rotatable bonds is 26. The van der Waals surface area contributed by atoms with E-state index in [1.807, 2.05) is 115 Å². The fourth-order valence-corrected chi connectivity index (χ4v) is 27.5. The molecule has 20 nitrogen and oxygen atoms in total. The summed E-state index contributed by atoms with van der Waals surface area (Å²) < 4.78 is 34.8. The quantitative estimate of drug-likeness (QED) is 0.0300. The molecule has 0 aliphatic heterocycles. The number of hydrogen-bond acceptors (Lipinski definition) is 15. The normalized spacial score (nSPS) is 31.0. The van der Waals surface area contributed by atoms with Crippen LogP contribution in [0.3, 0.4) is 0 Å². The Morgan fingerprint density at radius 2 is 0.723 bits per heavy atom. The summed E-state index contributed by atoms with van der Waals surface area (Å²) in [6.45, 7) is 0.0536.